The van der Waals surface area contributed by atoms with E-state index in [0.29, 0.717) is 0 Å². The fourth-order valence-electron chi connectivity index (χ4n) is 4.36. The van der Waals surface area contributed by atoms with Crippen molar-refractivity contribution in [1.29, 1.82) is 0 Å². The fourth-order valence-corrected chi connectivity index (χ4v) is 5.27. The Hall–Kier alpha value is -2.89. The van der Waals surface area contributed by atoms with Crippen molar-refractivity contribution in [2.45, 2.75) is 43.3 Å². The molecule has 3 aromatic carbocycles. The van der Waals surface area contributed by atoms with E-state index in [1.807, 2.05) is 0 Å². The van der Waals surface area contributed by atoms with E-state index in [9.17, 15) is 0 Å². The molecule has 1 aliphatic rings. The number of rotatable bonds is 8. The minimum absolute atomic E-state index is 0.812. The van der Waals surface area contributed by atoms with Gasteiger partial charge in [0.1, 0.15) is 5.82 Å². The smallest absolute Gasteiger partial charge is 0.191 e. The van der Waals surface area contributed by atoms with Crippen LogP contribution >= 0.6 is 11.8 Å². The molecule has 0 spiro atoms. The number of piperidine rings is 1. The molecule has 4 nitrogen and oxygen atoms in total. The summed E-state index contributed by atoms with van der Waals surface area (Å²) >= 11 is 1.77. The molecule has 1 aromatic heterocycles. The standard InChI is InChI=1S/C28H30N4S/c1-4-10-23(11-5-1)20-32-27(21-31-18-8-3-9-19-31)29-30-28(32)33-22-24-14-16-26(17-15-24)25-12-6-2-7-13-25/h1-2,4-7,10-17H,3,8-9,18-22H2. The summed E-state index contributed by atoms with van der Waals surface area (Å²) in [5.74, 6) is 1.95. The Morgan fingerprint density at radius 1 is 0.636 bits per heavy atom. The molecule has 1 saturated heterocycles. The predicted molar refractivity (Wildman–Crippen MR) is 136 cm³/mol. The molecule has 0 saturated carbocycles. The number of hydrogen-bond donors (Lipinski definition) is 0. The van der Waals surface area contributed by atoms with Gasteiger partial charge < -0.3 is 4.57 Å². The minimum Gasteiger partial charge on any atom is -0.300 e. The Labute approximate surface area is 200 Å². The van der Waals surface area contributed by atoms with Gasteiger partial charge in [0.2, 0.25) is 0 Å². The van der Waals surface area contributed by atoms with Crippen molar-refractivity contribution in [2.75, 3.05) is 13.1 Å². The lowest BCUT2D eigenvalue weighted by atomic mass is 10.0. The summed E-state index contributed by atoms with van der Waals surface area (Å²) in [4.78, 5) is 2.52. The van der Waals surface area contributed by atoms with Gasteiger partial charge in [0.05, 0.1) is 13.1 Å². The molecule has 0 bridgehead atoms. The highest BCUT2D eigenvalue weighted by Gasteiger charge is 2.18. The number of likely N-dealkylation sites (tertiary alicyclic amines) is 1. The first-order valence-electron chi connectivity index (χ1n) is 11.8. The van der Waals surface area contributed by atoms with Gasteiger partial charge in [0.25, 0.3) is 0 Å². The normalized spacial score (nSPS) is 14.4. The van der Waals surface area contributed by atoms with Crippen LogP contribution < -0.4 is 0 Å². The third kappa shape index (κ3) is 5.73. The van der Waals surface area contributed by atoms with Gasteiger partial charge in [0, 0.05) is 5.75 Å². The van der Waals surface area contributed by atoms with E-state index < -0.39 is 0 Å². The average Bonchev–Trinajstić information content (AvgIpc) is 3.25. The maximum Gasteiger partial charge on any atom is 0.191 e. The molecule has 5 heteroatoms. The largest absolute Gasteiger partial charge is 0.300 e. The van der Waals surface area contributed by atoms with Gasteiger partial charge in [-0.25, -0.2) is 0 Å². The molecule has 0 unspecified atom stereocenters. The molecule has 4 aromatic rings. The van der Waals surface area contributed by atoms with Gasteiger partial charge in [-0.1, -0.05) is 103 Å². The maximum absolute atomic E-state index is 4.62. The second-order valence-corrected chi connectivity index (χ2v) is 9.60. The summed E-state index contributed by atoms with van der Waals surface area (Å²) in [5, 5.41) is 10.2. The highest BCUT2D eigenvalue weighted by molar-refractivity contribution is 7.98. The van der Waals surface area contributed by atoms with E-state index in [1.165, 1.54) is 41.5 Å². The van der Waals surface area contributed by atoms with Crippen LogP contribution in [-0.4, -0.2) is 32.8 Å². The maximum atomic E-state index is 4.62. The number of hydrogen-bond acceptors (Lipinski definition) is 4. The minimum atomic E-state index is 0.812. The second kappa shape index (κ2) is 10.8. The Bertz CT molecular complexity index is 1130. The average molecular weight is 455 g/mol. The van der Waals surface area contributed by atoms with Crippen LogP contribution in [0.5, 0.6) is 0 Å². The lowest BCUT2D eigenvalue weighted by molar-refractivity contribution is 0.213. The van der Waals surface area contributed by atoms with E-state index in [4.69, 9.17) is 0 Å². The summed E-state index contributed by atoms with van der Waals surface area (Å²) in [6.07, 6.45) is 3.91. The number of benzene rings is 3. The summed E-state index contributed by atoms with van der Waals surface area (Å²) in [5.41, 5.74) is 5.08. The van der Waals surface area contributed by atoms with Gasteiger partial charge in [-0.3, -0.25) is 4.90 Å². The van der Waals surface area contributed by atoms with Gasteiger partial charge in [0.15, 0.2) is 5.16 Å². The van der Waals surface area contributed by atoms with Crippen LogP contribution in [0.15, 0.2) is 90.1 Å². The molecule has 0 radical (unpaired) electrons. The highest BCUT2D eigenvalue weighted by atomic mass is 32.2. The number of thioether (sulfide) groups is 1. The van der Waals surface area contributed by atoms with Gasteiger partial charge in [-0.05, 0) is 48.2 Å². The molecular formula is C28H30N4S. The van der Waals surface area contributed by atoms with Crippen LogP contribution in [0.1, 0.15) is 36.2 Å². The summed E-state index contributed by atoms with van der Waals surface area (Å²) in [7, 11) is 0. The van der Waals surface area contributed by atoms with Gasteiger partial charge in [-0.2, -0.15) is 0 Å². The van der Waals surface area contributed by atoms with Gasteiger partial charge in [-0.15, -0.1) is 10.2 Å². The van der Waals surface area contributed by atoms with Crippen LogP contribution in [0.25, 0.3) is 11.1 Å². The van der Waals surface area contributed by atoms with Crippen molar-refractivity contribution in [3.63, 3.8) is 0 Å². The van der Waals surface area contributed by atoms with Crippen molar-refractivity contribution in [3.8, 4) is 11.1 Å². The molecule has 0 N–H and O–H groups in total. The molecule has 0 aliphatic carbocycles. The topological polar surface area (TPSA) is 34.0 Å². The summed E-state index contributed by atoms with van der Waals surface area (Å²) in [6, 6.07) is 30.0. The Morgan fingerprint density at radius 3 is 2.03 bits per heavy atom. The first-order valence-corrected chi connectivity index (χ1v) is 12.8. The monoisotopic (exact) mass is 454 g/mol. The molecule has 1 aliphatic heterocycles. The van der Waals surface area contributed by atoms with E-state index in [-0.39, 0.29) is 0 Å². The summed E-state index contributed by atoms with van der Waals surface area (Å²) < 4.78 is 2.31. The molecule has 5 rings (SSSR count). The second-order valence-electron chi connectivity index (χ2n) is 8.66. The van der Waals surface area contributed by atoms with Crippen LogP contribution in [0.4, 0.5) is 0 Å². The van der Waals surface area contributed by atoms with Crippen molar-refractivity contribution in [3.05, 3.63) is 102 Å². The highest BCUT2D eigenvalue weighted by Crippen LogP contribution is 2.26. The molecule has 168 valence electrons. The number of aromatic nitrogens is 3. The Balaban J connectivity index is 1.31. The first kappa shape index (κ1) is 21.9. The number of nitrogens with zero attached hydrogens (tertiary/aromatic N) is 4. The van der Waals surface area contributed by atoms with E-state index in [1.54, 1.807) is 11.8 Å². The lowest BCUT2D eigenvalue weighted by Gasteiger charge is -2.26. The first-order chi connectivity index (χ1) is 16.3. The van der Waals surface area contributed by atoms with Crippen LogP contribution in [-0.2, 0) is 18.8 Å². The van der Waals surface area contributed by atoms with Crippen molar-refractivity contribution >= 4 is 11.8 Å². The molecule has 33 heavy (non-hydrogen) atoms. The van der Waals surface area contributed by atoms with Crippen LogP contribution in [0.2, 0.25) is 0 Å². The van der Waals surface area contributed by atoms with Crippen molar-refractivity contribution < 1.29 is 0 Å². The quantitative estimate of drug-likeness (QED) is 0.294. The molecule has 2 heterocycles. The van der Waals surface area contributed by atoms with Crippen LogP contribution in [0.3, 0.4) is 0 Å². The predicted octanol–water partition coefficient (Wildman–Crippen LogP) is 6.27. The SMILES string of the molecule is c1ccc(Cn2c(CN3CCCCC3)nnc2SCc2ccc(-c3ccccc3)cc2)cc1. The van der Waals surface area contributed by atoms with Crippen molar-refractivity contribution in [1.82, 2.24) is 19.7 Å². The van der Waals surface area contributed by atoms with Crippen LogP contribution in [0, 0.1) is 0 Å². The third-order valence-electron chi connectivity index (χ3n) is 6.22. The lowest BCUT2D eigenvalue weighted by Crippen LogP contribution is -2.30. The van der Waals surface area contributed by atoms with E-state index in [0.717, 1.165) is 42.9 Å². The molecule has 0 amide bonds. The zero-order chi connectivity index (χ0) is 22.3. The zero-order valence-corrected chi connectivity index (χ0v) is 19.8. The Morgan fingerprint density at radius 2 is 1.30 bits per heavy atom. The third-order valence-corrected chi connectivity index (χ3v) is 7.26. The fraction of sp³-hybridized carbons (Fsp3) is 0.286. The molecule has 0 atom stereocenters. The molecule has 1 fully saturated rings. The van der Waals surface area contributed by atoms with E-state index >= 15 is 0 Å². The Kier molecular flexibility index (Phi) is 7.19. The summed E-state index contributed by atoms with van der Waals surface area (Å²) in [6.45, 7) is 4.02. The molecular weight excluding hydrogens is 424 g/mol. The van der Waals surface area contributed by atoms with Gasteiger partial charge >= 0.3 is 0 Å². The van der Waals surface area contributed by atoms with Crippen molar-refractivity contribution in [2.24, 2.45) is 0 Å². The zero-order valence-electron chi connectivity index (χ0n) is 18.9. The van der Waals surface area contributed by atoms with E-state index in [2.05, 4.69) is 105 Å².